The third-order valence-corrected chi connectivity index (χ3v) is 4.78. The third kappa shape index (κ3) is 4.22. The largest absolute Gasteiger partial charge is 0.342 e. The van der Waals surface area contributed by atoms with Gasteiger partial charge in [-0.25, -0.2) is 4.98 Å². The molecule has 0 aliphatic carbocycles. The Hall–Kier alpha value is -1.56. The maximum atomic E-state index is 12.5. The monoisotopic (exact) mass is 321 g/mol. The van der Waals surface area contributed by atoms with Gasteiger partial charge < -0.3 is 9.80 Å². The van der Waals surface area contributed by atoms with Crippen molar-refractivity contribution in [3.8, 4) is 0 Å². The Morgan fingerprint density at radius 1 is 1.41 bits per heavy atom. The molecule has 0 saturated carbocycles. The molecule has 0 N–H and O–H groups in total. The van der Waals surface area contributed by atoms with Crippen LogP contribution in [0.15, 0.2) is 29.4 Å². The second-order valence-corrected chi connectivity index (χ2v) is 6.46. The van der Waals surface area contributed by atoms with Crippen LogP contribution >= 0.6 is 11.8 Å². The van der Waals surface area contributed by atoms with Gasteiger partial charge in [-0.15, -0.1) is 0 Å². The van der Waals surface area contributed by atoms with Crippen LogP contribution in [0.1, 0.15) is 26.2 Å². The average molecular weight is 321 g/mol. The number of likely N-dealkylation sites (N-methyl/N-ethyl adjacent to an activating group) is 1. The van der Waals surface area contributed by atoms with Crippen molar-refractivity contribution in [1.29, 1.82) is 0 Å². The molecule has 120 valence electrons. The van der Waals surface area contributed by atoms with Crippen LogP contribution in [0.2, 0.25) is 0 Å². The number of nitrogens with zero attached hydrogens (tertiary/aromatic N) is 3. The molecule has 1 fully saturated rings. The minimum absolute atomic E-state index is 0.0261. The molecule has 1 aliphatic rings. The normalized spacial score (nSPS) is 18.6. The van der Waals surface area contributed by atoms with Gasteiger partial charge in [-0.3, -0.25) is 9.59 Å². The molecule has 22 heavy (non-hydrogen) atoms. The highest BCUT2D eigenvalue weighted by Gasteiger charge is 2.35. The van der Waals surface area contributed by atoms with Gasteiger partial charge in [0.25, 0.3) is 0 Å². The van der Waals surface area contributed by atoms with E-state index < -0.39 is 0 Å². The summed E-state index contributed by atoms with van der Waals surface area (Å²) in [4.78, 5) is 32.5. The second-order valence-electron chi connectivity index (χ2n) is 5.46. The lowest BCUT2D eigenvalue weighted by Gasteiger charge is -2.39. The number of aromatic nitrogens is 1. The molecule has 1 aromatic heterocycles. The number of rotatable bonds is 6. The summed E-state index contributed by atoms with van der Waals surface area (Å²) in [5.74, 6) is 0.422. The van der Waals surface area contributed by atoms with Crippen LogP contribution in [-0.2, 0) is 9.59 Å². The highest BCUT2D eigenvalue weighted by atomic mass is 32.2. The molecule has 1 aromatic rings. The Balaban J connectivity index is 1.97. The molecule has 0 unspecified atom stereocenters. The Morgan fingerprint density at radius 2 is 2.23 bits per heavy atom. The maximum absolute atomic E-state index is 12.5. The van der Waals surface area contributed by atoms with Crippen molar-refractivity contribution in [1.82, 2.24) is 14.8 Å². The van der Waals surface area contributed by atoms with E-state index in [1.165, 1.54) is 11.8 Å². The first-order valence-corrected chi connectivity index (χ1v) is 8.70. The highest BCUT2D eigenvalue weighted by Crippen LogP contribution is 2.20. The van der Waals surface area contributed by atoms with E-state index in [1.54, 1.807) is 16.0 Å². The summed E-state index contributed by atoms with van der Waals surface area (Å²) in [5.41, 5.74) is 0. The van der Waals surface area contributed by atoms with Gasteiger partial charge in [0.2, 0.25) is 11.8 Å². The van der Waals surface area contributed by atoms with Gasteiger partial charge in [0.1, 0.15) is 6.04 Å². The molecule has 5 nitrogen and oxygen atoms in total. The molecule has 1 atom stereocenters. The predicted octanol–water partition coefficient (Wildman–Crippen LogP) is 2.03. The number of pyridine rings is 1. The van der Waals surface area contributed by atoms with E-state index in [0.717, 1.165) is 24.3 Å². The number of carbonyl (C=O) groups excluding carboxylic acids is 2. The summed E-state index contributed by atoms with van der Waals surface area (Å²) in [6.07, 6.45) is 4.45. The van der Waals surface area contributed by atoms with Crippen LogP contribution in [-0.4, -0.2) is 58.5 Å². The SMILES string of the molecule is CCCC[C@@H]1C(=O)N(C)CCN1C(=O)CSc1ccccn1. The molecule has 2 amide bonds. The highest BCUT2D eigenvalue weighted by molar-refractivity contribution is 7.99. The molecule has 0 aromatic carbocycles. The Labute approximate surface area is 136 Å². The molecule has 2 heterocycles. The first-order chi connectivity index (χ1) is 10.6. The van der Waals surface area contributed by atoms with Gasteiger partial charge in [-0.05, 0) is 18.6 Å². The maximum Gasteiger partial charge on any atom is 0.245 e. The first kappa shape index (κ1) is 16.8. The van der Waals surface area contributed by atoms with Crippen molar-refractivity contribution in [2.45, 2.75) is 37.3 Å². The molecular weight excluding hydrogens is 298 g/mol. The lowest BCUT2D eigenvalue weighted by atomic mass is 10.0. The van der Waals surface area contributed by atoms with Crippen molar-refractivity contribution in [3.05, 3.63) is 24.4 Å². The average Bonchev–Trinajstić information content (AvgIpc) is 2.55. The zero-order valence-electron chi connectivity index (χ0n) is 13.2. The summed E-state index contributed by atoms with van der Waals surface area (Å²) >= 11 is 1.42. The number of thioether (sulfide) groups is 1. The van der Waals surface area contributed by atoms with Crippen LogP contribution < -0.4 is 0 Å². The molecule has 0 bridgehead atoms. The molecule has 1 saturated heterocycles. The fraction of sp³-hybridized carbons (Fsp3) is 0.562. The van der Waals surface area contributed by atoms with Gasteiger partial charge in [-0.2, -0.15) is 0 Å². The fourth-order valence-corrected chi connectivity index (χ4v) is 3.29. The molecular formula is C16H23N3O2S. The number of amides is 2. The molecule has 1 aliphatic heterocycles. The second kappa shape index (κ2) is 8.17. The number of unbranched alkanes of at least 4 members (excludes halogenated alkanes) is 1. The van der Waals surface area contributed by atoms with E-state index in [9.17, 15) is 9.59 Å². The number of piperazine rings is 1. The number of hydrogen-bond acceptors (Lipinski definition) is 4. The van der Waals surface area contributed by atoms with Crippen molar-refractivity contribution in [2.75, 3.05) is 25.9 Å². The lowest BCUT2D eigenvalue weighted by Crippen LogP contribution is -2.57. The molecule has 0 radical (unpaired) electrons. The van der Waals surface area contributed by atoms with Crippen LogP contribution in [0, 0.1) is 0 Å². The van der Waals surface area contributed by atoms with Crippen molar-refractivity contribution in [2.24, 2.45) is 0 Å². The van der Waals surface area contributed by atoms with Gasteiger partial charge in [0.15, 0.2) is 0 Å². The zero-order valence-corrected chi connectivity index (χ0v) is 14.0. The van der Waals surface area contributed by atoms with Crippen molar-refractivity contribution >= 4 is 23.6 Å². The number of carbonyl (C=O) groups is 2. The predicted molar refractivity (Wildman–Crippen MR) is 87.6 cm³/mol. The zero-order chi connectivity index (χ0) is 15.9. The Bertz CT molecular complexity index is 509. The Kier molecular flexibility index (Phi) is 6.24. The lowest BCUT2D eigenvalue weighted by molar-refractivity contribution is -0.149. The van der Waals surface area contributed by atoms with Crippen LogP contribution in [0.3, 0.4) is 0 Å². The van der Waals surface area contributed by atoms with Crippen LogP contribution in [0.4, 0.5) is 0 Å². The van der Waals surface area contributed by atoms with Gasteiger partial charge in [0, 0.05) is 26.3 Å². The van der Waals surface area contributed by atoms with E-state index in [1.807, 2.05) is 25.2 Å². The van der Waals surface area contributed by atoms with Crippen LogP contribution in [0.25, 0.3) is 0 Å². The van der Waals surface area contributed by atoms with E-state index in [2.05, 4.69) is 11.9 Å². The topological polar surface area (TPSA) is 53.5 Å². The quantitative estimate of drug-likeness (QED) is 0.752. The first-order valence-electron chi connectivity index (χ1n) is 7.71. The summed E-state index contributed by atoms with van der Waals surface area (Å²) in [6, 6.07) is 5.35. The Morgan fingerprint density at radius 3 is 2.91 bits per heavy atom. The fourth-order valence-electron chi connectivity index (χ4n) is 2.54. The molecule has 2 rings (SSSR count). The summed E-state index contributed by atoms with van der Waals surface area (Å²) in [5, 5.41) is 0.835. The van der Waals surface area contributed by atoms with E-state index in [4.69, 9.17) is 0 Å². The smallest absolute Gasteiger partial charge is 0.245 e. The summed E-state index contributed by atoms with van der Waals surface area (Å²) in [6.45, 7) is 3.33. The van der Waals surface area contributed by atoms with Crippen LogP contribution in [0.5, 0.6) is 0 Å². The summed E-state index contributed by atoms with van der Waals surface area (Å²) < 4.78 is 0. The van der Waals surface area contributed by atoms with E-state index >= 15 is 0 Å². The molecule has 6 heteroatoms. The number of hydrogen-bond donors (Lipinski definition) is 0. The minimum Gasteiger partial charge on any atom is -0.342 e. The van der Waals surface area contributed by atoms with E-state index in [0.29, 0.717) is 18.8 Å². The standard InChI is InChI=1S/C16H23N3O2S/c1-3-4-7-13-16(21)18(2)10-11-19(13)15(20)12-22-14-8-5-6-9-17-14/h5-6,8-9,13H,3-4,7,10-12H2,1-2H3/t13-/m1/s1. The van der Waals surface area contributed by atoms with Gasteiger partial charge in [-0.1, -0.05) is 37.6 Å². The molecule has 0 spiro atoms. The van der Waals surface area contributed by atoms with Crippen molar-refractivity contribution < 1.29 is 9.59 Å². The van der Waals surface area contributed by atoms with E-state index in [-0.39, 0.29) is 17.9 Å². The van der Waals surface area contributed by atoms with Crippen molar-refractivity contribution in [3.63, 3.8) is 0 Å². The summed E-state index contributed by atoms with van der Waals surface area (Å²) in [7, 11) is 1.81. The third-order valence-electron chi connectivity index (χ3n) is 3.85. The van der Waals surface area contributed by atoms with Gasteiger partial charge >= 0.3 is 0 Å². The van der Waals surface area contributed by atoms with Gasteiger partial charge in [0.05, 0.1) is 10.8 Å². The minimum atomic E-state index is -0.296.